The molecular formula is C7H11NO4S2. The normalized spacial score (nSPS) is 20.9. The van der Waals surface area contributed by atoms with Gasteiger partial charge in [0.05, 0.1) is 16.4 Å². The molecule has 0 spiro atoms. The average molecular weight is 237 g/mol. The highest BCUT2D eigenvalue weighted by atomic mass is 32.3. The summed E-state index contributed by atoms with van der Waals surface area (Å²) >= 11 is 0. The number of hydrogen-bond donors (Lipinski definition) is 0. The minimum atomic E-state index is -3.84. The van der Waals surface area contributed by atoms with E-state index in [4.69, 9.17) is 0 Å². The average Bonchev–Trinajstić information content (AvgIpc) is 2.24. The fourth-order valence-corrected chi connectivity index (χ4v) is 4.50. The minimum absolute atomic E-state index is 0.198. The lowest BCUT2D eigenvalue weighted by atomic mass is 10.6. The topological polar surface area (TPSA) is 80.6 Å². The Morgan fingerprint density at radius 3 is 2.14 bits per heavy atom. The Bertz CT molecular complexity index is 508. The van der Waals surface area contributed by atoms with Crippen LogP contribution in [0.5, 0.6) is 0 Å². The first-order valence-electron chi connectivity index (χ1n) is 3.94. The van der Waals surface area contributed by atoms with E-state index in [9.17, 15) is 16.8 Å². The molecule has 1 rings (SSSR count). The molecule has 7 heteroatoms. The number of hydrogen-bond acceptors (Lipinski definition) is 5. The summed E-state index contributed by atoms with van der Waals surface area (Å²) in [6.45, 7) is 4.28. The highest BCUT2D eigenvalue weighted by Gasteiger charge is 2.36. The molecule has 0 saturated carbocycles. The Morgan fingerprint density at radius 2 is 1.86 bits per heavy atom. The van der Waals surface area contributed by atoms with E-state index in [0.29, 0.717) is 0 Å². The van der Waals surface area contributed by atoms with Gasteiger partial charge in [-0.05, 0) is 20.8 Å². The second-order valence-corrected chi connectivity index (χ2v) is 7.67. The van der Waals surface area contributed by atoms with Gasteiger partial charge in [-0.2, -0.15) is 0 Å². The largest absolute Gasteiger partial charge is 0.252 e. The molecule has 0 atom stereocenters. The van der Waals surface area contributed by atoms with Gasteiger partial charge in [-0.15, -0.1) is 0 Å². The van der Waals surface area contributed by atoms with Crippen molar-refractivity contribution < 1.29 is 16.8 Å². The quantitative estimate of drug-likeness (QED) is 0.663. The van der Waals surface area contributed by atoms with Crippen molar-refractivity contribution in [2.24, 2.45) is 4.99 Å². The highest BCUT2D eigenvalue weighted by Crippen LogP contribution is 2.20. The van der Waals surface area contributed by atoms with Crippen LogP contribution >= 0.6 is 0 Å². The highest BCUT2D eigenvalue weighted by molar-refractivity contribution is 8.32. The molecule has 0 fully saturated rings. The Balaban J connectivity index is 3.38. The first-order valence-corrected chi connectivity index (χ1v) is 7.03. The van der Waals surface area contributed by atoms with E-state index in [1.54, 1.807) is 0 Å². The Hall–Kier alpha value is -0.690. The van der Waals surface area contributed by atoms with Crippen LogP contribution in [0.15, 0.2) is 16.1 Å². The Kier molecular flexibility index (Phi) is 2.57. The molecule has 0 aromatic heterocycles. The lowest BCUT2D eigenvalue weighted by molar-refractivity contribution is 0.598. The maximum Gasteiger partial charge on any atom is 0.252 e. The van der Waals surface area contributed by atoms with Gasteiger partial charge in [-0.3, -0.25) is 0 Å². The molecule has 0 aliphatic carbocycles. The summed E-state index contributed by atoms with van der Waals surface area (Å²) in [6, 6.07) is 0. The van der Waals surface area contributed by atoms with E-state index in [0.717, 1.165) is 5.41 Å². The van der Waals surface area contributed by atoms with Gasteiger partial charge in [-0.25, -0.2) is 21.8 Å². The third-order valence-electron chi connectivity index (χ3n) is 1.70. The summed E-state index contributed by atoms with van der Waals surface area (Å²) < 4.78 is 45.1. The van der Waals surface area contributed by atoms with Crippen molar-refractivity contribution in [1.82, 2.24) is 0 Å². The molecule has 1 aliphatic heterocycles. The third kappa shape index (κ3) is 1.74. The number of rotatable bonds is 1. The maximum absolute atomic E-state index is 11.6. The summed E-state index contributed by atoms with van der Waals surface area (Å²) in [5.74, 6) is 0. The number of aliphatic imine (C=N–C) groups is 1. The molecule has 0 saturated heterocycles. The number of nitrogens with zero attached hydrogens (tertiary/aromatic N) is 1. The molecule has 0 unspecified atom stereocenters. The maximum atomic E-state index is 11.6. The summed E-state index contributed by atoms with van der Waals surface area (Å²) in [5, 5.41) is 0.0812. The van der Waals surface area contributed by atoms with Crippen molar-refractivity contribution in [2.45, 2.75) is 26.0 Å². The van der Waals surface area contributed by atoms with Gasteiger partial charge in [0.1, 0.15) is 0 Å². The molecule has 5 nitrogen and oxygen atoms in total. The third-order valence-corrected chi connectivity index (χ3v) is 6.14. The molecular weight excluding hydrogens is 226 g/mol. The zero-order valence-corrected chi connectivity index (χ0v) is 9.68. The first kappa shape index (κ1) is 11.4. The van der Waals surface area contributed by atoms with Crippen LogP contribution in [-0.4, -0.2) is 26.5 Å². The van der Waals surface area contributed by atoms with Crippen molar-refractivity contribution >= 4 is 24.1 Å². The Morgan fingerprint density at radius 1 is 1.36 bits per heavy atom. The van der Waals surface area contributed by atoms with Crippen LogP contribution < -0.4 is 0 Å². The van der Waals surface area contributed by atoms with Crippen LogP contribution in [0, 0.1) is 0 Å². The van der Waals surface area contributed by atoms with E-state index >= 15 is 0 Å². The number of allylic oxidation sites excluding steroid dienone is 1. The summed E-state index contributed by atoms with van der Waals surface area (Å²) in [5.41, 5.74) is 0.198. The van der Waals surface area contributed by atoms with Crippen LogP contribution in [-0.2, 0) is 19.7 Å². The van der Waals surface area contributed by atoms with Crippen molar-refractivity contribution in [3.63, 3.8) is 0 Å². The molecule has 0 aromatic rings. The molecule has 80 valence electrons. The van der Waals surface area contributed by atoms with Gasteiger partial charge in [0.2, 0.25) is 19.7 Å². The fraction of sp³-hybridized carbons (Fsp3) is 0.571. The fourth-order valence-electron chi connectivity index (χ4n) is 0.936. The summed E-state index contributed by atoms with van der Waals surface area (Å²) in [4.78, 5) is 3.54. The van der Waals surface area contributed by atoms with Gasteiger partial charge >= 0.3 is 0 Å². The second kappa shape index (κ2) is 3.16. The van der Waals surface area contributed by atoms with Crippen LogP contribution in [0.25, 0.3) is 0 Å². The molecule has 0 aromatic carbocycles. The number of sulfone groups is 2. The lowest BCUT2D eigenvalue weighted by Crippen LogP contribution is -2.27. The molecule has 1 heterocycles. The first-order chi connectivity index (χ1) is 6.18. The van der Waals surface area contributed by atoms with E-state index < -0.39 is 29.3 Å². The van der Waals surface area contributed by atoms with Gasteiger partial charge < -0.3 is 0 Å². The van der Waals surface area contributed by atoms with E-state index in [1.165, 1.54) is 20.8 Å². The molecule has 0 bridgehead atoms. The van der Waals surface area contributed by atoms with E-state index in [1.807, 2.05) is 0 Å². The van der Waals surface area contributed by atoms with E-state index in [-0.39, 0.29) is 5.70 Å². The Labute approximate surface area is 83.4 Å². The van der Waals surface area contributed by atoms with Crippen molar-refractivity contribution in [1.29, 1.82) is 0 Å². The smallest absolute Gasteiger partial charge is 0.230 e. The van der Waals surface area contributed by atoms with Gasteiger partial charge in [0.15, 0.2) is 0 Å². The van der Waals surface area contributed by atoms with Crippen LogP contribution in [0.1, 0.15) is 20.8 Å². The van der Waals surface area contributed by atoms with Crippen molar-refractivity contribution in [3.8, 4) is 0 Å². The molecule has 0 amide bonds. The van der Waals surface area contributed by atoms with Crippen LogP contribution in [0.3, 0.4) is 0 Å². The molecule has 14 heavy (non-hydrogen) atoms. The van der Waals surface area contributed by atoms with Crippen LogP contribution in [0.2, 0.25) is 0 Å². The zero-order chi connectivity index (χ0) is 11.1. The SMILES string of the molecule is CC1=CS(=O)(=O)C(S(=O)(=O)C(C)C)=N1. The standard InChI is InChI=1S/C7H11NO4S2/c1-5(2)14(11,12)7-8-6(3)4-13(7,9)10/h4-5H,1-3H3. The molecule has 1 aliphatic rings. The predicted molar refractivity (Wildman–Crippen MR) is 54.2 cm³/mol. The monoisotopic (exact) mass is 237 g/mol. The van der Waals surface area contributed by atoms with Gasteiger partial charge in [0.25, 0.3) is 4.38 Å². The van der Waals surface area contributed by atoms with Gasteiger partial charge in [-0.1, -0.05) is 0 Å². The van der Waals surface area contributed by atoms with Crippen molar-refractivity contribution in [2.75, 3.05) is 0 Å². The summed E-state index contributed by atoms with van der Waals surface area (Å²) in [7, 11) is -7.65. The molecule has 0 N–H and O–H groups in total. The molecule has 0 radical (unpaired) electrons. The van der Waals surface area contributed by atoms with Crippen LogP contribution in [0.4, 0.5) is 0 Å². The van der Waals surface area contributed by atoms with E-state index in [2.05, 4.69) is 4.99 Å². The summed E-state index contributed by atoms with van der Waals surface area (Å²) in [6.07, 6.45) is 0. The predicted octanol–water partition coefficient (Wildman–Crippen LogP) is 0.455. The zero-order valence-electron chi connectivity index (χ0n) is 8.05. The second-order valence-electron chi connectivity index (χ2n) is 3.28. The van der Waals surface area contributed by atoms with Crippen molar-refractivity contribution in [3.05, 3.63) is 11.1 Å². The minimum Gasteiger partial charge on any atom is -0.230 e. The lowest BCUT2D eigenvalue weighted by Gasteiger charge is -2.05. The van der Waals surface area contributed by atoms with Gasteiger partial charge in [0, 0.05) is 0 Å².